The summed E-state index contributed by atoms with van der Waals surface area (Å²) in [6.45, 7) is 3.44. The molecule has 5 rings (SSSR count). The number of nitrogens with zero attached hydrogens (tertiary/aromatic N) is 6. The number of alkyl halides is 1. The summed E-state index contributed by atoms with van der Waals surface area (Å²) in [5, 5.41) is 4.51. The Bertz CT molecular complexity index is 1060. The van der Waals surface area contributed by atoms with E-state index in [1.54, 1.807) is 23.4 Å². The van der Waals surface area contributed by atoms with Crippen LogP contribution in [0.1, 0.15) is 17.8 Å². The van der Waals surface area contributed by atoms with E-state index in [2.05, 4.69) is 15.1 Å². The van der Waals surface area contributed by atoms with Crippen LogP contribution in [0.4, 0.5) is 20.7 Å². The third-order valence-electron chi connectivity index (χ3n) is 5.27. The molecule has 1 fully saturated rings. The number of halogens is 2. The molecule has 3 aromatic rings. The van der Waals surface area contributed by atoms with E-state index in [9.17, 15) is 9.18 Å². The van der Waals surface area contributed by atoms with E-state index in [-0.39, 0.29) is 18.4 Å². The maximum atomic E-state index is 13.5. The molecule has 2 aliphatic rings. The zero-order valence-electron chi connectivity index (χ0n) is 15.8. The van der Waals surface area contributed by atoms with Gasteiger partial charge < -0.3 is 4.90 Å². The Morgan fingerprint density at radius 2 is 2.10 bits per heavy atom. The van der Waals surface area contributed by atoms with Crippen LogP contribution in [-0.2, 0) is 6.54 Å². The summed E-state index contributed by atoms with van der Waals surface area (Å²) in [5.41, 5.74) is 3.98. The molecular formula is C20H20ClFN6O. The van der Waals surface area contributed by atoms with Crippen molar-refractivity contribution in [1.82, 2.24) is 19.7 Å². The van der Waals surface area contributed by atoms with Crippen molar-refractivity contribution in [2.45, 2.75) is 26.1 Å². The van der Waals surface area contributed by atoms with Crippen molar-refractivity contribution in [2.24, 2.45) is 0 Å². The van der Waals surface area contributed by atoms with Gasteiger partial charge in [-0.2, -0.15) is 9.78 Å². The van der Waals surface area contributed by atoms with Gasteiger partial charge in [-0.05, 0) is 43.7 Å². The summed E-state index contributed by atoms with van der Waals surface area (Å²) < 4.78 is 14.9. The number of hydrogen-bond acceptors (Lipinski definition) is 5. The van der Waals surface area contributed by atoms with Crippen LogP contribution in [-0.4, -0.2) is 45.0 Å². The topological polar surface area (TPSA) is 67.2 Å². The lowest BCUT2D eigenvalue weighted by molar-refractivity contribution is 0.248. The minimum Gasteiger partial charge on any atom is -0.354 e. The quantitative estimate of drug-likeness (QED) is 0.655. The molecule has 0 saturated carbocycles. The first-order valence-corrected chi connectivity index (χ1v) is 9.28. The van der Waals surface area contributed by atoms with E-state index in [1.807, 2.05) is 36.1 Å². The molecular weight excluding hydrogens is 395 g/mol. The summed E-state index contributed by atoms with van der Waals surface area (Å²) in [6.07, 6.45) is 3.10. The zero-order valence-corrected chi connectivity index (χ0v) is 16.6. The molecule has 1 atom stereocenters. The average molecular weight is 415 g/mol. The number of pyridine rings is 2. The smallest absolute Gasteiger partial charge is 0.349 e. The van der Waals surface area contributed by atoms with Gasteiger partial charge >= 0.3 is 6.03 Å². The molecule has 5 heterocycles. The summed E-state index contributed by atoms with van der Waals surface area (Å²) in [4.78, 5) is 25.0. The Balaban J connectivity index is 0.00000205. The van der Waals surface area contributed by atoms with E-state index >= 15 is 0 Å². The molecule has 9 heteroatoms. The van der Waals surface area contributed by atoms with Crippen LogP contribution in [0.2, 0.25) is 0 Å². The van der Waals surface area contributed by atoms with Crippen LogP contribution in [0, 0.1) is 6.92 Å². The van der Waals surface area contributed by atoms with Crippen molar-refractivity contribution < 1.29 is 9.18 Å². The maximum absolute atomic E-state index is 13.5. The van der Waals surface area contributed by atoms with Crippen LogP contribution in [0.5, 0.6) is 0 Å². The standard InChI is InChI=1S/C20H19FN6O.ClH/c1-13-17(4-5-19(23-13)25-8-6-14(21)11-25)18-9-16-12-26(20(28)27(16)24-18)15-3-2-7-22-10-15;/h2-5,7,9-10,14H,6,8,11-12H2,1H3;1H/t14-;/m0./s1. The lowest BCUT2D eigenvalue weighted by Gasteiger charge is -2.17. The number of amides is 1. The summed E-state index contributed by atoms with van der Waals surface area (Å²) in [7, 11) is 0. The lowest BCUT2D eigenvalue weighted by atomic mass is 10.1. The Morgan fingerprint density at radius 3 is 2.76 bits per heavy atom. The highest BCUT2D eigenvalue weighted by Crippen LogP contribution is 2.30. The molecule has 0 spiro atoms. The van der Waals surface area contributed by atoms with Gasteiger partial charge in [0.05, 0.1) is 36.4 Å². The van der Waals surface area contributed by atoms with E-state index in [1.165, 1.54) is 4.68 Å². The number of carbonyl (C=O) groups excluding carboxylic acids is 1. The Morgan fingerprint density at radius 1 is 1.24 bits per heavy atom. The fourth-order valence-corrected chi connectivity index (χ4v) is 3.81. The normalized spacial score (nSPS) is 18.1. The Hall–Kier alpha value is -3.00. The van der Waals surface area contributed by atoms with Crippen molar-refractivity contribution in [2.75, 3.05) is 22.9 Å². The molecule has 0 unspecified atom stereocenters. The van der Waals surface area contributed by atoms with Crippen molar-refractivity contribution in [3.63, 3.8) is 0 Å². The van der Waals surface area contributed by atoms with Crippen molar-refractivity contribution in [1.29, 1.82) is 0 Å². The second-order valence-electron chi connectivity index (χ2n) is 7.15. The fourth-order valence-electron chi connectivity index (χ4n) is 3.81. The van der Waals surface area contributed by atoms with Crippen LogP contribution >= 0.6 is 12.4 Å². The first-order chi connectivity index (χ1) is 13.6. The number of hydrogen-bond donors (Lipinski definition) is 0. The van der Waals surface area contributed by atoms with Gasteiger partial charge in [0, 0.05) is 24.0 Å². The Kier molecular flexibility index (Phi) is 4.96. The van der Waals surface area contributed by atoms with Crippen molar-refractivity contribution in [3.8, 4) is 11.3 Å². The molecule has 0 radical (unpaired) electrons. The van der Waals surface area contributed by atoms with E-state index in [0.717, 1.165) is 34.2 Å². The van der Waals surface area contributed by atoms with Crippen molar-refractivity contribution in [3.05, 3.63) is 54.1 Å². The minimum atomic E-state index is -0.785. The number of aryl methyl sites for hydroxylation is 1. The molecule has 3 aromatic heterocycles. The second kappa shape index (κ2) is 7.44. The van der Waals surface area contributed by atoms with Gasteiger partial charge in [0.25, 0.3) is 0 Å². The molecule has 2 aliphatic heterocycles. The highest BCUT2D eigenvalue weighted by molar-refractivity contribution is 5.96. The van der Waals surface area contributed by atoms with Gasteiger partial charge in [0.1, 0.15) is 12.0 Å². The second-order valence-corrected chi connectivity index (χ2v) is 7.15. The van der Waals surface area contributed by atoms with Gasteiger partial charge in [-0.1, -0.05) is 0 Å². The number of carbonyl (C=O) groups is 1. The predicted molar refractivity (Wildman–Crippen MR) is 110 cm³/mol. The monoisotopic (exact) mass is 414 g/mol. The molecule has 0 bridgehead atoms. The third-order valence-corrected chi connectivity index (χ3v) is 5.27. The molecule has 7 nitrogen and oxygen atoms in total. The van der Waals surface area contributed by atoms with E-state index in [0.29, 0.717) is 26.1 Å². The van der Waals surface area contributed by atoms with E-state index < -0.39 is 6.17 Å². The van der Waals surface area contributed by atoms with Crippen LogP contribution in [0.15, 0.2) is 42.7 Å². The van der Waals surface area contributed by atoms with Gasteiger partial charge in [-0.15, -0.1) is 12.4 Å². The van der Waals surface area contributed by atoms with Crippen molar-refractivity contribution >= 4 is 29.9 Å². The van der Waals surface area contributed by atoms with Crippen LogP contribution in [0.25, 0.3) is 11.3 Å². The number of fused-ring (bicyclic) bond motifs is 1. The molecule has 0 aliphatic carbocycles. The van der Waals surface area contributed by atoms with Gasteiger partial charge in [0.15, 0.2) is 0 Å². The summed E-state index contributed by atoms with van der Waals surface area (Å²) >= 11 is 0. The number of aromatic nitrogens is 4. The predicted octanol–water partition coefficient (Wildman–Crippen LogP) is 3.61. The zero-order chi connectivity index (χ0) is 19.3. The first-order valence-electron chi connectivity index (χ1n) is 9.28. The molecule has 150 valence electrons. The molecule has 1 amide bonds. The number of anilines is 2. The SMILES string of the molecule is Cc1nc(N2CC[C@H](F)C2)ccc1-c1cc2n(n1)C(=O)N(c1cccnc1)C2.Cl. The molecule has 1 saturated heterocycles. The van der Waals surface area contributed by atoms with Crippen LogP contribution in [0.3, 0.4) is 0 Å². The summed E-state index contributed by atoms with van der Waals surface area (Å²) in [6, 6.07) is 9.23. The van der Waals surface area contributed by atoms with Gasteiger partial charge in [0.2, 0.25) is 0 Å². The number of rotatable bonds is 3. The highest BCUT2D eigenvalue weighted by atomic mass is 35.5. The summed E-state index contributed by atoms with van der Waals surface area (Å²) in [5.74, 6) is 0.784. The minimum absolute atomic E-state index is 0. The molecule has 0 aromatic carbocycles. The molecule has 0 N–H and O–H groups in total. The Labute approximate surface area is 173 Å². The average Bonchev–Trinajstić information content (AvgIpc) is 3.39. The van der Waals surface area contributed by atoms with E-state index in [4.69, 9.17) is 0 Å². The van der Waals surface area contributed by atoms with Gasteiger partial charge in [-0.3, -0.25) is 9.88 Å². The first kappa shape index (κ1) is 19.3. The highest BCUT2D eigenvalue weighted by Gasteiger charge is 2.31. The lowest BCUT2D eigenvalue weighted by Crippen LogP contribution is -2.26. The molecule has 29 heavy (non-hydrogen) atoms. The maximum Gasteiger partial charge on any atom is 0.349 e. The van der Waals surface area contributed by atoms with Crippen LogP contribution < -0.4 is 9.80 Å². The van der Waals surface area contributed by atoms with Gasteiger partial charge in [-0.25, -0.2) is 14.2 Å². The fraction of sp³-hybridized carbons (Fsp3) is 0.300. The third kappa shape index (κ3) is 3.33. The largest absolute Gasteiger partial charge is 0.354 e.